The number of rotatable bonds is 2. The molecule has 1 aliphatic rings. The van der Waals surface area contributed by atoms with E-state index >= 15 is 0 Å². The van der Waals surface area contributed by atoms with Gasteiger partial charge < -0.3 is 0 Å². The number of aromatic nitrogens is 1. The minimum atomic E-state index is -2.55. The van der Waals surface area contributed by atoms with Gasteiger partial charge >= 0.3 is 0 Å². The van der Waals surface area contributed by atoms with Crippen LogP contribution in [0.5, 0.6) is 0 Å². The molecule has 1 nitrogen and oxygen atoms in total. The van der Waals surface area contributed by atoms with Gasteiger partial charge in [-0.1, -0.05) is 109 Å². The van der Waals surface area contributed by atoms with E-state index in [4.69, 9.17) is 0 Å². The van der Waals surface area contributed by atoms with E-state index in [2.05, 4.69) is 127 Å². The Morgan fingerprint density at radius 1 is 0.588 bits per heavy atom. The molecule has 5 aromatic carbocycles. The molecular weight excluding hydrogens is 426 g/mol. The van der Waals surface area contributed by atoms with Crippen LogP contribution in [0.15, 0.2) is 122 Å². The van der Waals surface area contributed by atoms with Gasteiger partial charge in [-0.05, 0) is 61.0 Å². The minimum Gasteiger partial charge on any atom is -0.264 e. The van der Waals surface area contributed by atoms with Gasteiger partial charge in [0.15, 0.2) is 8.07 Å². The largest absolute Gasteiger partial charge is 0.264 e. The number of hydrogen-bond donors (Lipinski definition) is 0. The number of benzene rings is 5. The quantitative estimate of drug-likeness (QED) is 0.266. The molecule has 0 radical (unpaired) electrons. The van der Waals surface area contributed by atoms with Crippen molar-refractivity contribution in [3.8, 4) is 11.1 Å². The van der Waals surface area contributed by atoms with Crippen LogP contribution in [0, 0.1) is 6.92 Å². The minimum absolute atomic E-state index is 1.25. The molecule has 2 heterocycles. The maximum atomic E-state index is 4.60. The van der Waals surface area contributed by atoms with Crippen molar-refractivity contribution in [3.63, 3.8) is 0 Å². The Kier molecular flexibility index (Phi) is 4.14. The van der Waals surface area contributed by atoms with Gasteiger partial charge in [0.25, 0.3) is 0 Å². The van der Waals surface area contributed by atoms with Crippen LogP contribution in [0.4, 0.5) is 0 Å². The Morgan fingerprint density at radius 2 is 1.26 bits per heavy atom. The third-order valence-corrected chi connectivity index (χ3v) is 12.4. The molecule has 2 heteroatoms. The molecule has 1 aliphatic heterocycles. The number of hydrogen-bond acceptors (Lipinski definition) is 1. The van der Waals surface area contributed by atoms with Gasteiger partial charge in [0.1, 0.15) is 0 Å². The van der Waals surface area contributed by atoms with Crippen molar-refractivity contribution in [3.05, 3.63) is 127 Å². The van der Waals surface area contributed by atoms with Crippen LogP contribution in [-0.4, -0.2) is 13.1 Å². The smallest absolute Gasteiger partial charge is 0.181 e. The van der Waals surface area contributed by atoms with Crippen molar-refractivity contribution in [2.45, 2.75) is 6.92 Å². The predicted molar refractivity (Wildman–Crippen MR) is 147 cm³/mol. The topological polar surface area (TPSA) is 12.9 Å². The molecule has 0 fully saturated rings. The molecular formula is C32H23NSi. The van der Waals surface area contributed by atoms with Crippen molar-refractivity contribution < 1.29 is 0 Å². The lowest BCUT2D eigenvalue weighted by Crippen LogP contribution is -2.73. The highest BCUT2D eigenvalue weighted by molar-refractivity contribution is 7.23. The molecule has 0 spiro atoms. The lowest BCUT2D eigenvalue weighted by molar-refractivity contribution is 1.37. The summed E-state index contributed by atoms with van der Waals surface area (Å²) in [6, 6.07) is 40.7. The first-order chi connectivity index (χ1) is 16.8. The summed E-state index contributed by atoms with van der Waals surface area (Å²) in [6.07, 6.45) is 4.00. The summed E-state index contributed by atoms with van der Waals surface area (Å²) in [5.41, 5.74) is 4.01. The fraction of sp³-hybridized carbons (Fsp3) is 0.0312. The van der Waals surface area contributed by atoms with Crippen LogP contribution < -0.4 is 20.7 Å². The molecule has 0 saturated heterocycles. The van der Waals surface area contributed by atoms with E-state index in [9.17, 15) is 0 Å². The summed E-state index contributed by atoms with van der Waals surface area (Å²) in [5, 5.41) is 11.1. The summed E-state index contributed by atoms with van der Waals surface area (Å²) < 4.78 is 0. The van der Waals surface area contributed by atoms with Crippen LogP contribution in [0.1, 0.15) is 5.56 Å². The Bertz CT molecular complexity index is 1670. The van der Waals surface area contributed by atoms with E-state index in [1.807, 2.05) is 6.20 Å². The molecule has 0 atom stereocenters. The second-order valence-corrected chi connectivity index (χ2v) is 12.9. The molecule has 0 bridgehead atoms. The van der Waals surface area contributed by atoms with Gasteiger partial charge in [0, 0.05) is 17.8 Å². The molecule has 0 N–H and O–H groups in total. The van der Waals surface area contributed by atoms with Gasteiger partial charge in [-0.2, -0.15) is 0 Å². The van der Waals surface area contributed by atoms with E-state index < -0.39 is 8.07 Å². The molecule has 0 saturated carbocycles. The summed E-state index contributed by atoms with van der Waals surface area (Å²) in [5.74, 6) is 0. The first kappa shape index (κ1) is 19.5. The Labute approximate surface area is 200 Å². The highest BCUT2D eigenvalue weighted by Crippen LogP contribution is 2.39. The lowest BCUT2D eigenvalue weighted by atomic mass is 9.94. The van der Waals surface area contributed by atoms with Crippen LogP contribution in [-0.2, 0) is 0 Å². The maximum Gasteiger partial charge on any atom is 0.181 e. The Morgan fingerprint density at radius 3 is 2.00 bits per heavy atom. The summed E-state index contributed by atoms with van der Waals surface area (Å²) >= 11 is 0. The number of fused-ring (bicyclic) bond motifs is 8. The normalized spacial score (nSPS) is 13.7. The van der Waals surface area contributed by atoms with Crippen LogP contribution in [0.2, 0.25) is 0 Å². The Hall–Kier alpha value is -4.01. The predicted octanol–water partition coefficient (Wildman–Crippen LogP) is 5.05. The molecule has 7 rings (SSSR count). The first-order valence-electron chi connectivity index (χ1n) is 11.8. The van der Waals surface area contributed by atoms with E-state index in [1.54, 1.807) is 0 Å². The van der Waals surface area contributed by atoms with E-state index in [1.165, 1.54) is 59.0 Å². The average molecular weight is 450 g/mol. The van der Waals surface area contributed by atoms with Gasteiger partial charge in [0.05, 0.1) is 0 Å². The average Bonchev–Trinajstić information content (AvgIpc) is 3.22. The van der Waals surface area contributed by atoms with Crippen LogP contribution in [0.25, 0.3) is 32.7 Å². The zero-order valence-corrected chi connectivity index (χ0v) is 20.0. The molecule has 160 valence electrons. The number of aryl methyl sites for hydroxylation is 1. The summed E-state index contributed by atoms with van der Waals surface area (Å²) in [6.45, 7) is 2.19. The fourth-order valence-electron chi connectivity index (χ4n) is 6.17. The van der Waals surface area contributed by atoms with Gasteiger partial charge in [0.2, 0.25) is 0 Å². The zero-order valence-electron chi connectivity index (χ0n) is 19.0. The molecule has 6 aromatic rings. The third kappa shape index (κ3) is 2.46. The zero-order chi connectivity index (χ0) is 22.7. The molecule has 34 heavy (non-hydrogen) atoms. The van der Waals surface area contributed by atoms with Gasteiger partial charge in [-0.25, -0.2) is 0 Å². The van der Waals surface area contributed by atoms with Crippen LogP contribution in [0.3, 0.4) is 0 Å². The van der Waals surface area contributed by atoms with Gasteiger partial charge in [-0.3, -0.25) is 4.98 Å². The standard InChI is InChI=1S/C32H23NSi/c1-22-16-17-26-28(20-22)25-18-19-33-21-29(25)31-27-14-8-9-15-30(27)34(32(26)31,23-10-4-2-5-11-23)24-12-6-3-7-13-24/h2-21H,1H3. The van der Waals surface area contributed by atoms with Gasteiger partial charge in [-0.15, -0.1) is 0 Å². The first-order valence-corrected chi connectivity index (χ1v) is 13.8. The lowest BCUT2D eigenvalue weighted by Gasteiger charge is -2.32. The van der Waals surface area contributed by atoms with Crippen molar-refractivity contribution in [2.24, 2.45) is 0 Å². The monoisotopic (exact) mass is 449 g/mol. The second-order valence-electron chi connectivity index (χ2n) is 9.25. The van der Waals surface area contributed by atoms with Crippen molar-refractivity contribution >= 4 is 50.4 Å². The maximum absolute atomic E-state index is 4.60. The number of nitrogens with zero attached hydrogens (tertiary/aromatic N) is 1. The second kappa shape index (κ2) is 7.24. The fourth-order valence-corrected chi connectivity index (χ4v) is 11.6. The SMILES string of the molecule is Cc1ccc2c3c(c4cnccc4c2c1)-c1ccccc1[Si]3(c1ccccc1)c1ccccc1. The third-order valence-electron chi connectivity index (χ3n) is 7.46. The van der Waals surface area contributed by atoms with E-state index in [0.717, 1.165) is 0 Å². The van der Waals surface area contributed by atoms with Crippen LogP contribution >= 0.6 is 0 Å². The Balaban J connectivity index is 1.81. The van der Waals surface area contributed by atoms with E-state index in [-0.39, 0.29) is 0 Å². The molecule has 0 amide bonds. The van der Waals surface area contributed by atoms with Crippen molar-refractivity contribution in [2.75, 3.05) is 0 Å². The van der Waals surface area contributed by atoms with E-state index in [0.29, 0.717) is 0 Å². The number of pyridine rings is 1. The summed E-state index contributed by atoms with van der Waals surface area (Å²) in [7, 11) is -2.55. The van der Waals surface area contributed by atoms with Crippen molar-refractivity contribution in [1.82, 2.24) is 4.98 Å². The molecule has 0 unspecified atom stereocenters. The highest BCUT2D eigenvalue weighted by Gasteiger charge is 2.50. The molecule has 1 aromatic heterocycles. The highest BCUT2D eigenvalue weighted by atomic mass is 28.3. The summed E-state index contributed by atoms with van der Waals surface area (Å²) in [4.78, 5) is 4.60. The van der Waals surface area contributed by atoms with Crippen molar-refractivity contribution in [1.29, 1.82) is 0 Å². The molecule has 0 aliphatic carbocycles.